The van der Waals surface area contributed by atoms with Crippen LogP contribution in [0.5, 0.6) is 0 Å². The maximum absolute atomic E-state index is 12.3. The third kappa shape index (κ3) is 6.39. The second kappa shape index (κ2) is 8.18. The molecule has 6 heteroatoms. The number of amides is 1. The van der Waals surface area contributed by atoms with Crippen molar-refractivity contribution >= 4 is 12.1 Å². The number of aliphatic carboxylic acids is 1. The third-order valence-corrected chi connectivity index (χ3v) is 3.03. The molecular weight excluding hydrogens is 296 g/mol. The van der Waals surface area contributed by atoms with E-state index in [0.717, 1.165) is 10.5 Å². The molecule has 0 saturated carbocycles. The van der Waals surface area contributed by atoms with Crippen molar-refractivity contribution in [1.29, 1.82) is 5.26 Å². The molecule has 0 aliphatic rings. The molecule has 1 N–H and O–H groups in total. The van der Waals surface area contributed by atoms with Gasteiger partial charge in [0.2, 0.25) is 0 Å². The Bertz CT molecular complexity index is 572. The Labute approximate surface area is 136 Å². The van der Waals surface area contributed by atoms with Gasteiger partial charge in [-0.15, -0.1) is 0 Å². The Kier molecular flexibility index (Phi) is 6.58. The quantitative estimate of drug-likeness (QED) is 0.871. The first-order valence-electron chi connectivity index (χ1n) is 7.38. The molecule has 6 nitrogen and oxygen atoms in total. The van der Waals surface area contributed by atoms with Gasteiger partial charge in [0.05, 0.1) is 12.5 Å². The molecule has 124 valence electrons. The van der Waals surface area contributed by atoms with Crippen LogP contribution in [0.25, 0.3) is 0 Å². The fourth-order valence-electron chi connectivity index (χ4n) is 2.03. The van der Waals surface area contributed by atoms with Gasteiger partial charge in [-0.3, -0.25) is 4.90 Å². The lowest BCUT2D eigenvalue weighted by Crippen LogP contribution is -2.48. The van der Waals surface area contributed by atoms with Crippen LogP contribution in [0.2, 0.25) is 0 Å². The average molecular weight is 318 g/mol. The van der Waals surface area contributed by atoms with E-state index in [-0.39, 0.29) is 19.4 Å². The van der Waals surface area contributed by atoms with Crippen LogP contribution in [-0.4, -0.2) is 40.3 Å². The van der Waals surface area contributed by atoms with Crippen molar-refractivity contribution < 1.29 is 19.4 Å². The molecule has 0 radical (unpaired) electrons. The fourth-order valence-corrected chi connectivity index (χ4v) is 2.03. The van der Waals surface area contributed by atoms with E-state index in [2.05, 4.69) is 0 Å². The summed E-state index contributed by atoms with van der Waals surface area (Å²) in [6.07, 6.45) is -0.533. The van der Waals surface area contributed by atoms with E-state index in [1.54, 1.807) is 45.0 Å². The Morgan fingerprint density at radius 3 is 2.39 bits per heavy atom. The van der Waals surface area contributed by atoms with Gasteiger partial charge < -0.3 is 9.84 Å². The van der Waals surface area contributed by atoms with Crippen molar-refractivity contribution in [1.82, 2.24) is 4.90 Å². The highest BCUT2D eigenvalue weighted by atomic mass is 16.6. The molecule has 0 aliphatic heterocycles. The van der Waals surface area contributed by atoms with Crippen molar-refractivity contribution in [3.8, 4) is 6.07 Å². The number of nitrogens with zero attached hydrogens (tertiary/aromatic N) is 2. The molecule has 0 saturated heterocycles. The van der Waals surface area contributed by atoms with Gasteiger partial charge in [-0.05, 0) is 26.3 Å². The van der Waals surface area contributed by atoms with Crippen LogP contribution < -0.4 is 0 Å². The minimum absolute atomic E-state index is 0.00914. The second-order valence-electron chi connectivity index (χ2n) is 6.13. The van der Waals surface area contributed by atoms with Gasteiger partial charge in [-0.2, -0.15) is 5.26 Å². The Hall–Kier alpha value is -2.55. The van der Waals surface area contributed by atoms with E-state index >= 15 is 0 Å². The second-order valence-corrected chi connectivity index (χ2v) is 6.13. The van der Waals surface area contributed by atoms with Crippen LogP contribution >= 0.6 is 0 Å². The van der Waals surface area contributed by atoms with Gasteiger partial charge in [0.15, 0.2) is 0 Å². The van der Waals surface area contributed by atoms with E-state index in [1.165, 1.54) is 0 Å². The Morgan fingerprint density at radius 2 is 1.91 bits per heavy atom. The number of hydrogen-bond acceptors (Lipinski definition) is 4. The standard InChI is InChI=1S/C17H22N2O4/c1-17(2,3)23-16(22)19(11-7-10-18)14(15(20)21)12-13-8-5-4-6-9-13/h4-6,8-9,14H,7,11-12H2,1-3H3,(H,20,21). The first-order valence-corrected chi connectivity index (χ1v) is 7.38. The summed E-state index contributed by atoms with van der Waals surface area (Å²) in [5.74, 6) is -1.13. The molecule has 1 rings (SSSR count). The molecule has 1 aromatic carbocycles. The van der Waals surface area contributed by atoms with Crippen molar-refractivity contribution in [2.45, 2.75) is 45.3 Å². The number of carbonyl (C=O) groups is 2. The topological polar surface area (TPSA) is 90.6 Å². The van der Waals surface area contributed by atoms with Gasteiger partial charge in [-0.1, -0.05) is 30.3 Å². The maximum Gasteiger partial charge on any atom is 0.411 e. The highest BCUT2D eigenvalue weighted by Crippen LogP contribution is 2.16. The molecule has 0 aliphatic carbocycles. The predicted octanol–water partition coefficient (Wildman–Crippen LogP) is 2.83. The maximum atomic E-state index is 12.3. The summed E-state index contributed by atoms with van der Waals surface area (Å²) in [7, 11) is 0. The summed E-state index contributed by atoms with van der Waals surface area (Å²) < 4.78 is 5.28. The Morgan fingerprint density at radius 1 is 1.30 bits per heavy atom. The molecular formula is C17H22N2O4. The van der Waals surface area contributed by atoms with Crippen LogP contribution in [0.15, 0.2) is 30.3 Å². The number of carbonyl (C=O) groups excluding carboxylic acids is 1. The van der Waals surface area contributed by atoms with E-state index in [9.17, 15) is 14.7 Å². The predicted molar refractivity (Wildman–Crippen MR) is 84.7 cm³/mol. The molecule has 1 aromatic rings. The minimum Gasteiger partial charge on any atom is -0.480 e. The average Bonchev–Trinajstić information content (AvgIpc) is 2.45. The summed E-state index contributed by atoms with van der Waals surface area (Å²) in [5.41, 5.74) is 0.0584. The van der Waals surface area contributed by atoms with E-state index in [4.69, 9.17) is 10.00 Å². The molecule has 1 atom stereocenters. The lowest BCUT2D eigenvalue weighted by atomic mass is 10.0. The highest BCUT2D eigenvalue weighted by molar-refractivity contribution is 5.80. The molecule has 0 heterocycles. The molecule has 0 aromatic heterocycles. The third-order valence-electron chi connectivity index (χ3n) is 3.03. The summed E-state index contributed by atoms with van der Waals surface area (Å²) in [4.78, 5) is 25.1. The summed E-state index contributed by atoms with van der Waals surface area (Å²) in [6, 6.07) is 9.89. The van der Waals surface area contributed by atoms with Gasteiger partial charge >= 0.3 is 12.1 Å². The molecule has 1 amide bonds. The molecule has 1 unspecified atom stereocenters. The lowest BCUT2D eigenvalue weighted by molar-refractivity contribution is -0.143. The van der Waals surface area contributed by atoms with Crippen LogP contribution in [-0.2, 0) is 16.0 Å². The number of carboxylic acid groups (broad SMARTS) is 1. The van der Waals surface area contributed by atoms with Gasteiger partial charge in [0, 0.05) is 13.0 Å². The minimum atomic E-state index is -1.13. The van der Waals surface area contributed by atoms with Crippen molar-refractivity contribution in [3.63, 3.8) is 0 Å². The summed E-state index contributed by atoms with van der Waals surface area (Å²) in [5, 5.41) is 18.3. The number of benzene rings is 1. The summed E-state index contributed by atoms with van der Waals surface area (Å²) >= 11 is 0. The molecule has 0 bridgehead atoms. The monoisotopic (exact) mass is 318 g/mol. The van der Waals surface area contributed by atoms with E-state index < -0.39 is 23.7 Å². The van der Waals surface area contributed by atoms with E-state index in [1.807, 2.05) is 12.1 Å². The fraction of sp³-hybridized carbons (Fsp3) is 0.471. The van der Waals surface area contributed by atoms with Crippen LogP contribution in [0.1, 0.15) is 32.8 Å². The van der Waals surface area contributed by atoms with Gasteiger partial charge in [-0.25, -0.2) is 9.59 Å². The smallest absolute Gasteiger partial charge is 0.411 e. The first kappa shape index (κ1) is 18.5. The number of carboxylic acids is 1. The molecule has 23 heavy (non-hydrogen) atoms. The largest absolute Gasteiger partial charge is 0.480 e. The normalized spacial score (nSPS) is 12.1. The van der Waals surface area contributed by atoms with Crippen molar-refractivity contribution in [2.75, 3.05) is 6.54 Å². The molecule has 0 fully saturated rings. The zero-order chi connectivity index (χ0) is 17.5. The zero-order valence-electron chi connectivity index (χ0n) is 13.7. The van der Waals surface area contributed by atoms with E-state index in [0.29, 0.717) is 0 Å². The first-order chi connectivity index (χ1) is 10.7. The number of rotatable bonds is 6. The number of nitriles is 1. The number of ether oxygens (including phenoxy) is 1. The van der Waals surface area contributed by atoms with Crippen molar-refractivity contribution in [3.05, 3.63) is 35.9 Å². The lowest BCUT2D eigenvalue weighted by Gasteiger charge is -2.31. The summed E-state index contributed by atoms with van der Waals surface area (Å²) in [6.45, 7) is 5.14. The Balaban J connectivity index is 3.01. The van der Waals surface area contributed by atoms with Gasteiger partial charge in [0.25, 0.3) is 0 Å². The highest BCUT2D eigenvalue weighted by Gasteiger charge is 2.32. The SMILES string of the molecule is CC(C)(C)OC(=O)N(CCC#N)C(Cc1ccccc1)C(=O)O. The number of hydrogen-bond donors (Lipinski definition) is 1. The van der Waals surface area contributed by atoms with Crippen LogP contribution in [0.3, 0.4) is 0 Å². The van der Waals surface area contributed by atoms with Crippen LogP contribution in [0, 0.1) is 11.3 Å². The van der Waals surface area contributed by atoms with Gasteiger partial charge in [0.1, 0.15) is 11.6 Å². The van der Waals surface area contributed by atoms with Crippen LogP contribution in [0.4, 0.5) is 4.79 Å². The zero-order valence-corrected chi connectivity index (χ0v) is 13.7. The molecule has 0 spiro atoms. The van der Waals surface area contributed by atoms with Crippen molar-refractivity contribution in [2.24, 2.45) is 0 Å².